The molecule has 0 amide bonds. The van der Waals surface area contributed by atoms with Gasteiger partial charge >= 0.3 is 11.9 Å². The van der Waals surface area contributed by atoms with Crippen LogP contribution in [-0.2, 0) is 38.2 Å². The van der Waals surface area contributed by atoms with Crippen LogP contribution in [0.4, 0.5) is 0 Å². The Labute approximate surface area is 316 Å². The Morgan fingerprint density at radius 3 is 2.19 bits per heavy atom. The molecular weight excluding hydrogens is 676 g/mol. The van der Waals surface area contributed by atoms with E-state index in [2.05, 4.69) is 0 Å². The number of allylic oxidation sites excluding steroid dienone is 3. The molecule has 2 fully saturated rings. The molecule has 0 unspecified atom stereocenters. The van der Waals surface area contributed by atoms with E-state index in [0.717, 1.165) is 24.0 Å². The quantitative estimate of drug-likeness (QED) is 0.233. The van der Waals surface area contributed by atoms with Crippen molar-refractivity contribution in [1.29, 1.82) is 0 Å². The van der Waals surface area contributed by atoms with Gasteiger partial charge in [-0.3, -0.25) is 24.0 Å². The minimum Gasteiger partial charge on any atom is -0.469 e. The van der Waals surface area contributed by atoms with E-state index in [0.29, 0.717) is 37.7 Å². The van der Waals surface area contributed by atoms with Gasteiger partial charge in [-0.1, -0.05) is 57.8 Å². The fraction of sp³-hybridized carbons (Fsp3) is 0.791. The maximum Gasteiger partial charge on any atom is 0.313 e. The SMILES string of the molecule is COC(=O)[C@]12CC(=O)[C@H](C(C)C)CC(=O)[C@H](C)CCC[C@H](C)CC(=O)[C@H]1CC(C)=C1[C@H]2/C=C(\C)CC[C@@H]2O[C@H](CC[C@@]2(C)O)[C@@](C)(O)C[C@H]1OC(C)=O. The first-order chi connectivity index (χ1) is 24.6. The second-order valence-corrected chi connectivity index (χ2v) is 18.0. The van der Waals surface area contributed by atoms with Crippen molar-refractivity contribution in [2.24, 2.45) is 40.9 Å². The third-order valence-electron chi connectivity index (χ3n) is 13.1. The summed E-state index contributed by atoms with van der Waals surface area (Å²) >= 11 is 0. The molecule has 1 saturated heterocycles. The summed E-state index contributed by atoms with van der Waals surface area (Å²) < 4.78 is 18.2. The summed E-state index contributed by atoms with van der Waals surface area (Å²) in [5.41, 5.74) is -2.22. The van der Waals surface area contributed by atoms with E-state index in [-0.39, 0.29) is 67.2 Å². The summed E-state index contributed by atoms with van der Waals surface area (Å²) in [7, 11) is 1.27. The summed E-state index contributed by atoms with van der Waals surface area (Å²) in [4.78, 5) is 70.9. The summed E-state index contributed by atoms with van der Waals surface area (Å²) in [6.07, 6.45) is 3.46. The van der Waals surface area contributed by atoms with Crippen LogP contribution in [0.3, 0.4) is 0 Å². The van der Waals surface area contributed by atoms with Gasteiger partial charge in [-0.25, -0.2) is 0 Å². The highest BCUT2D eigenvalue weighted by Gasteiger charge is 2.61. The van der Waals surface area contributed by atoms with Gasteiger partial charge in [0, 0.05) is 56.3 Å². The first kappa shape index (κ1) is 43.0. The van der Waals surface area contributed by atoms with Gasteiger partial charge in [-0.15, -0.1) is 0 Å². The molecule has 53 heavy (non-hydrogen) atoms. The van der Waals surface area contributed by atoms with Crippen molar-refractivity contribution in [1.82, 2.24) is 0 Å². The first-order valence-corrected chi connectivity index (χ1v) is 19.9. The van der Waals surface area contributed by atoms with Crippen LogP contribution in [0, 0.1) is 40.9 Å². The van der Waals surface area contributed by atoms with Crippen molar-refractivity contribution >= 4 is 29.3 Å². The standard InChI is InChI=1S/C43H66O10/c1-24(2)30-21-33(45)27(5)13-11-12-25(3)19-34(46)31-20-28(6)39-32(43(31,22-35(30)47)40(48)51-10)18-26(4)14-15-37-41(8,49)17-16-38(53-37)42(9,50)23-36(39)52-29(7)44/h18,24-25,27,30-32,36-38,49-50H,11-17,19-23H2,1-10H3/b26-18+/t25-,27+,30-,31+,32+,36+,37-,38+,41+,42-,43+/m0/s1. The molecule has 2 N–H and O–H groups in total. The molecule has 4 aliphatic rings. The van der Waals surface area contributed by atoms with Crippen LogP contribution < -0.4 is 0 Å². The van der Waals surface area contributed by atoms with E-state index in [1.807, 2.05) is 47.6 Å². The van der Waals surface area contributed by atoms with E-state index in [1.54, 1.807) is 13.8 Å². The average molecular weight is 743 g/mol. The Morgan fingerprint density at radius 1 is 0.906 bits per heavy atom. The second kappa shape index (κ2) is 17.0. The molecule has 298 valence electrons. The fourth-order valence-electron chi connectivity index (χ4n) is 9.81. The minimum absolute atomic E-state index is 0.0161. The van der Waals surface area contributed by atoms with Gasteiger partial charge < -0.3 is 24.4 Å². The van der Waals surface area contributed by atoms with Crippen LogP contribution >= 0.6 is 0 Å². The maximum absolute atomic E-state index is 14.8. The highest BCUT2D eigenvalue weighted by Crippen LogP contribution is 2.56. The zero-order valence-electron chi connectivity index (χ0n) is 33.9. The van der Waals surface area contributed by atoms with Crippen molar-refractivity contribution in [3.8, 4) is 0 Å². The number of carbonyl (C=O) groups is 5. The molecule has 0 aromatic heterocycles. The first-order valence-electron chi connectivity index (χ1n) is 19.9. The summed E-state index contributed by atoms with van der Waals surface area (Å²) in [5, 5.41) is 23.5. The number of rotatable bonds is 3. The van der Waals surface area contributed by atoms with Gasteiger partial charge in [0.1, 0.15) is 23.5 Å². The predicted molar refractivity (Wildman–Crippen MR) is 200 cm³/mol. The van der Waals surface area contributed by atoms with Gasteiger partial charge in [0.05, 0.1) is 35.9 Å². The molecule has 2 aliphatic carbocycles. The molecule has 11 atom stereocenters. The lowest BCUT2D eigenvalue weighted by atomic mass is 9.52. The number of ether oxygens (including phenoxy) is 3. The number of methoxy groups -OCH3 is 1. The van der Waals surface area contributed by atoms with Crippen molar-refractivity contribution in [3.05, 3.63) is 22.8 Å². The van der Waals surface area contributed by atoms with Gasteiger partial charge in [0.25, 0.3) is 0 Å². The van der Waals surface area contributed by atoms with Gasteiger partial charge in [-0.05, 0) is 83.6 Å². The van der Waals surface area contributed by atoms with Crippen LogP contribution in [0.2, 0.25) is 0 Å². The van der Waals surface area contributed by atoms with Crippen LogP contribution in [0.1, 0.15) is 139 Å². The number of hydrogen-bond donors (Lipinski definition) is 2. The topological polar surface area (TPSA) is 154 Å². The molecule has 2 heterocycles. The summed E-state index contributed by atoms with van der Waals surface area (Å²) in [6, 6.07) is 0. The number of fused-ring (bicyclic) bond motifs is 5. The fourth-order valence-corrected chi connectivity index (χ4v) is 9.81. The lowest BCUT2D eigenvalue weighted by molar-refractivity contribution is -0.220. The molecule has 2 aliphatic heterocycles. The van der Waals surface area contributed by atoms with E-state index in [4.69, 9.17) is 14.2 Å². The maximum atomic E-state index is 14.8. The van der Waals surface area contributed by atoms with Gasteiger partial charge in [0.15, 0.2) is 0 Å². The van der Waals surface area contributed by atoms with Crippen molar-refractivity contribution in [3.63, 3.8) is 0 Å². The Hall–Kier alpha value is -2.69. The van der Waals surface area contributed by atoms with Crippen molar-refractivity contribution in [2.75, 3.05) is 7.11 Å². The largest absolute Gasteiger partial charge is 0.469 e. The predicted octanol–water partition coefficient (Wildman–Crippen LogP) is 6.82. The van der Waals surface area contributed by atoms with Crippen LogP contribution in [0.25, 0.3) is 0 Å². The average Bonchev–Trinajstić information content (AvgIpc) is 3.05. The Kier molecular flexibility index (Phi) is 13.8. The zero-order chi connectivity index (χ0) is 39.6. The highest BCUT2D eigenvalue weighted by molar-refractivity contribution is 5.97. The molecule has 10 nitrogen and oxygen atoms in total. The van der Waals surface area contributed by atoms with E-state index >= 15 is 0 Å². The molecule has 0 radical (unpaired) electrons. The number of aliphatic hydroxyl groups is 2. The van der Waals surface area contributed by atoms with Crippen molar-refractivity contribution in [2.45, 2.75) is 169 Å². The summed E-state index contributed by atoms with van der Waals surface area (Å²) in [6.45, 7) is 16.2. The van der Waals surface area contributed by atoms with Crippen LogP contribution in [-0.4, -0.2) is 76.1 Å². The van der Waals surface area contributed by atoms with Crippen molar-refractivity contribution < 1.29 is 48.4 Å². The molecule has 1 saturated carbocycles. The monoisotopic (exact) mass is 742 g/mol. The highest BCUT2D eigenvalue weighted by atomic mass is 16.5. The zero-order valence-corrected chi connectivity index (χ0v) is 33.9. The Balaban J connectivity index is 2.04. The third-order valence-corrected chi connectivity index (χ3v) is 13.1. The molecule has 4 rings (SSSR count). The number of esters is 2. The number of hydrogen-bond acceptors (Lipinski definition) is 10. The smallest absolute Gasteiger partial charge is 0.313 e. The Bertz CT molecular complexity index is 1470. The van der Waals surface area contributed by atoms with E-state index < -0.39 is 64.6 Å². The molecular formula is C43H66O10. The van der Waals surface area contributed by atoms with Gasteiger partial charge in [0.2, 0.25) is 0 Å². The second-order valence-electron chi connectivity index (χ2n) is 18.0. The lowest BCUT2D eigenvalue weighted by Crippen LogP contribution is -2.57. The van der Waals surface area contributed by atoms with E-state index in [1.165, 1.54) is 14.0 Å². The third kappa shape index (κ3) is 9.41. The molecule has 0 aromatic carbocycles. The number of carbonyl (C=O) groups excluding carboxylic acids is 5. The number of Topliss-reactive ketones (excluding diaryl/α,β-unsaturated/α-hetero) is 3. The minimum atomic E-state index is -1.73. The Morgan fingerprint density at radius 2 is 1.57 bits per heavy atom. The molecule has 0 aromatic rings. The number of ketones is 3. The van der Waals surface area contributed by atoms with Crippen LogP contribution in [0.15, 0.2) is 22.8 Å². The molecule has 10 heteroatoms. The van der Waals surface area contributed by atoms with Crippen LogP contribution in [0.5, 0.6) is 0 Å². The molecule has 0 spiro atoms. The molecule has 2 bridgehead atoms. The van der Waals surface area contributed by atoms with Gasteiger partial charge in [-0.2, -0.15) is 0 Å². The summed E-state index contributed by atoms with van der Waals surface area (Å²) in [5.74, 6) is -4.66. The lowest BCUT2D eigenvalue weighted by Gasteiger charge is -2.51. The normalized spacial score (nSPS) is 40.8. The van der Waals surface area contributed by atoms with E-state index in [9.17, 15) is 34.2 Å².